The van der Waals surface area contributed by atoms with Crippen molar-refractivity contribution < 1.29 is 18.7 Å². The number of carbonyl (C=O) groups is 2. The second-order valence-corrected chi connectivity index (χ2v) is 5.52. The predicted octanol–water partition coefficient (Wildman–Crippen LogP) is 2.94. The molecule has 2 amide bonds. The first-order valence-corrected chi connectivity index (χ1v) is 7.49. The molecule has 5 nitrogen and oxygen atoms in total. The van der Waals surface area contributed by atoms with E-state index >= 15 is 0 Å². The highest BCUT2D eigenvalue weighted by atomic mass is 35.5. The zero-order valence-corrected chi connectivity index (χ0v) is 13.9. The molecule has 0 radical (unpaired) electrons. The zero-order valence-electron chi connectivity index (χ0n) is 13.2. The van der Waals surface area contributed by atoms with E-state index in [-0.39, 0.29) is 12.2 Å². The van der Waals surface area contributed by atoms with Crippen molar-refractivity contribution in [1.82, 2.24) is 10.9 Å². The van der Waals surface area contributed by atoms with Gasteiger partial charge in [-0.05, 0) is 49.2 Å². The molecule has 0 fully saturated rings. The van der Waals surface area contributed by atoms with Crippen LogP contribution in [0.5, 0.6) is 5.75 Å². The molecule has 2 rings (SSSR count). The molecule has 0 aliphatic carbocycles. The van der Waals surface area contributed by atoms with Crippen molar-refractivity contribution in [2.45, 2.75) is 13.8 Å². The third kappa shape index (κ3) is 4.45. The molecule has 0 bridgehead atoms. The molecule has 0 aliphatic rings. The minimum Gasteiger partial charge on any atom is -0.484 e. The Morgan fingerprint density at radius 1 is 1.12 bits per heavy atom. The number of hydrogen-bond donors (Lipinski definition) is 2. The molecule has 2 aromatic carbocycles. The highest BCUT2D eigenvalue weighted by molar-refractivity contribution is 6.32. The van der Waals surface area contributed by atoms with Gasteiger partial charge in [0.25, 0.3) is 11.8 Å². The van der Waals surface area contributed by atoms with Gasteiger partial charge in [0.15, 0.2) is 6.61 Å². The lowest BCUT2D eigenvalue weighted by Gasteiger charge is -2.11. The first-order valence-electron chi connectivity index (χ1n) is 7.11. The quantitative estimate of drug-likeness (QED) is 0.833. The fourth-order valence-electron chi connectivity index (χ4n) is 2.01. The van der Waals surface area contributed by atoms with Gasteiger partial charge in [0, 0.05) is 5.02 Å². The van der Waals surface area contributed by atoms with Crippen molar-refractivity contribution in [2.75, 3.05) is 6.61 Å². The van der Waals surface area contributed by atoms with E-state index in [0.29, 0.717) is 10.8 Å². The summed E-state index contributed by atoms with van der Waals surface area (Å²) in [7, 11) is 0. The third-order valence-electron chi connectivity index (χ3n) is 3.21. The Kier molecular flexibility index (Phi) is 5.76. The highest BCUT2D eigenvalue weighted by Gasteiger charge is 2.12. The van der Waals surface area contributed by atoms with Crippen LogP contribution in [0.2, 0.25) is 5.02 Å². The number of carbonyl (C=O) groups excluding carboxylic acids is 2. The molecule has 0 aromatic heterocycles. The predicted molar refractivity (Wildman–Crippen MR) is 88.4 cm³/mol. The number of hydrazine groups is 1. The molecule has 2 N–H and O–H groups in total. The van der Waals surface area contributed by atoms with E-state index in [1.165, 1.54) is 18.2 Å². The van der Waals surface area contributed by atoms with Crippen molar-refractivity contribution >= 4 is 23.4 Å². The summed E-state index contributed by atoms with van der Waals surface area (Å²) >= 11 is 6.05. The molecular formula is C17H16ClFN2O3. The van der Waals surface area contributed by atoms with Crippen LogP contribution in [0.3, 0.4) is 0 Å². The van der Waals surface area contributed by atoms with Crippen molar-refractivity contribution in [2.24, 2.45) is 0 Å². The molecule has 7 heteroatoms. The molecule has 0 saturated carbocycles. The van der Waals surface area contributed by atoms with Crippen LogP contribution in [-0.2, 0) is 4.79 Å². The Hall–Kier alpha value is -2.60. The summed E-state index contributed by atoms with van der Waals surface area (Å²) in [5.74, 6) is -1.51. The van der Waals surface area contributed by atoms with Crippen LogP contribution in [0, 0.1) is 19.7 Å². The molecule has 0 heterocycles. The molecule has 0 unspecified atom stereocenters. The standard InChI is InChI=1S/C17H16ClFN2O3/c1-10-7-12(8-11(2)16(10)18)24-9-15(22)20-21-17(23)13-5-3-4-6-14(13)19/h3-8H,9H2,1-2H3,(H,20,22)(H,21,23). The average molecular weight is 351 g/mol. The fraction of sp³-hybridized carbons (Fsp3) is 0.176. The van der Waals surface area contributed by atoms with Gasteiger partial charge in [-0.1, -0.05) is 23.7 Å². The average Bonchev–Trinajstić information content (AvgIpc) is 2.56. The normalized spacial score (nSPS) is 10.2. The summed E-state index contributed by atoms with van der Waals surface area (Å²) in [5.41, 5.74) is 5.79. The van der Waals surface area contributed by atoms with Crippen LogP contribution in [0.15, 0.2) is 36.4 Å². The van der Waals surface area contributed by atoms with Gasteiger partial charge in [-0.25, -0.2) is 4.39 Å². The molecule has 24 heavy (non-hydrogen) atoms. The summed E-state index contributed by atoms with van der Waals surface area (Å²) in [4.78, 5) is 23.5. The van der Waals surface area contributed by atoms with E-state index in [0.717, 1.165) is 17.2 Å². The molecular weight excluding hydrogens is 335 g/mol. The topological polar surface area (TPSA) is 67.4 Å². The summed E-state index contributed by atoms with van der Waals surface area (Å²) < 4.78 is 18.8. The van der Waals surface area contributed by atoms with Crippen LogP contribution >= 0.6 is 11.6 Å². The number of halogens is 2. The maximum Gasteiger partial charge on any atom is 0.276 e. The number of hydrogen-bond acceptors (Lipinski definition) is 3. The van der Waals surface area contributed by atoms with Gasteiger partial charge >= 0.3 is 0 Å². The summed E-state index contributed by atoms with van der Waals surface area (Å²) in [5, 5.41) is 0.643. The van der Waals surface area contributed by atoms with Gasteiger partial charge in [0.05, 0.1) is 5.56 Å². The number of amides is 2. The summed E-state index contributed by atoms with van der Waals surface area (Å²) in [6.07, 6.45) is 0. The zero-order chi connectivity index (χ0) is 17.7. The Morgan fingerprint density at radius 2 is 1.75 bits per heavy atom. The van der Waals surface area contributed by atoms with Gasteiger partial charge in [0.2, 0.25) is 0 Å². The van der Waals surface area contributed by atoms with Gasteiger partial charge in [-0.15, -0.1) is 0 Å². The van der Waals surface area contributed by atoms with E-state index in [9.17, 15) is 14.0 Å². The Bertz CT molecular complexity index is 757. The van der Waals surface area contributed by atoms with Crippen LogP contribution < -0.4 is 15.6 Å². The summed E-state index contributed by atoms with van der Waals surface area (Å²) in [6, 6.07) is 8.88. The Labute approximate surface area is 143 Å². The van der Waals surface area contributed by atoms with Crippen LogP contribution in [0.25, 0.3) is 0 Å². The lowest BCUT2D eigenvalue weighted by Crippen LogP contribution is -2.44. The first kappa shape index (κ1) is 17.7. The summed E-state index contributed by atoms with van der Waals surface area (Å²) in [6.45, 7) is 3.35. The number of rotatable bonds is 4. The van der Waals surface area contributed by atoms with E-state index in [1.54, 1.807) is 12.1 Å². The second-order valence-electron chi connectivity index (χ2n) is 5.14. The maximum absolute atomic E-state index is 13.4. The van der Waals surface area contributed by atoms with E-state index < -0.39 is 17.6 Å². The Balaban J connectivity index is 1.86. The van der Waals surface area contributed by atoms with E-state index in [2.05, 4.69) is 10.9 Å². The van der Waals surface area contributed by atoms with Gasteiger partial charge < -0.3 is 4.74 Å². The van der Waals surface area contributed by atoms with Crippen LogP contribution in [-0.4, -0.2) is 18.4 Å². The number of aryl methyl sites for hydroxylation is 2. The molecule has 0 saturated heterocycles. The largest absolute Gasteiger partial charge is 0.484 e. The molecule has 126 valence electrons. The molecule has 2 aromatic rings. The van der Waals surface area contributed by atoms with Gasteiger partial charge in [-0.2, -0.15) is 0 Å². The van der Waals surface area contributed by atoms with Crippen LogP contribution in [0.1, 0.15) is 21.5 Å². The fourth-order valence-corrected chi connectivity index (χ4v) is 2.12. The molecule has 0 atom stereocenters. The van der Waals surface area contributed by atoms with Crippen molar-refractivity contribution in [1.29, 1.82) is 0 Å². The second kappa shape index (κ2) is 7.79. The third-order valence-corrected chi connectivity index (χ3v) is 3.81. The minimum atomic E-state index is -0.750. The van der Waals surface area contributed by atoms with E-state index in [1.807, 2.05) is 13.8 Å². The highest BCUT2D eigenvalue weighted by Crippen LogP contribution is 2.25. The number of ether oxygens (including phenoxy) is 1. The number of benzene rings is 2. The number of nitrogens with one attached hydrogen (secondary N) is 2. The molecule has 0 spiro atoms. The maximum atomic E-state index is 13.4. The van der Waals surface area contributed by atoms with Gasteiger partial charge in [-0.3, -0.25) is 20.4 Å². The minimum absolute atomic E-state index is 0.164. The lowest BCUT2D eigenvalue weighted by molar-refractivity contribution is -0.123. The first-order chi connectivity index (χ1) is 11.4. The SMILES string of the molecule is Cc1cc(OCC(=O)NNC(=O)c2ccccc2F)cc(C)c1Cl. The van der Waals surface area contributed by atoms with Crippen molar-refractivity contribution in [3.05, 3.63) is 63.9 Å². The van der Waals surface area contributed by atoms with Crippen LogP contribution in [0.4, 0.5) is 4.39 Å². The van der Waals surface area contributed by atoms with Gasteiger partial charge in [0.1, 0.15) is 11.6 Å². The van der Waals surface area contributed by atoms with Crippen molar-refractivity contribution in [3.8, 4) is 5.75 Å². The lowest BCUT2D eigenvalue weighted by atomic mass is 10.1. The van der Waals surface area contributed by atoms with Crippen molar-refractivity contribution in [3.63, 3.8) is 0 Å². The van der Waals surface area contributed by atoms with E-state index in [4.69, 9.17) is 16.3 Å². The monoisotopic (exact) mass is 350 g/mol. The smallest absolute Gasteiger partial charge is 0.276 e. The molecule has 0 aliphatic heterocycles. The Morgan fingerprint density at radius 3 is 2.38 bits per heavy atom.